The molecule has 1 aliphatic rings. The normalized spacial score (nSPS) is 14.3. The fourth-order valence-corrected chi connectivity index (χ4v) is 2.61. The highest BCUT2D eigenvalue weighted by atomic mass is 16.7. The summed E-state index contributed by atoms with van der Waals surface area (Å²) in [4.78, 5) is 4.38. The average Bonchev–Trinajstić information content (AvgIpc) is 3.01. The maximum absolute atomic E-state index is 10.7. The lowest BCUT2D eigenvalue weighted by atomic mass is 9.98. The number of hydrogen-bond acceptors (Lipinski definition) is 4. The number of pyridine rings is 1. The Kier molecular flexibility index (Phi) is 2.75. The van der Waals surface area contributed by atoms with Gasteiger partial charge in [-0.3, -0.25) is 4.98 Å². The van der Waals surface area contributed by atoms with Crippen LogP contribution in [-0.2, 0) is 0 Å². The van der Waals surface area contributed by atoms with Gasteiger partial charge in [0, 0.05) is 17.1 Å². The fraction of sp³-hybridized carbons (Fsp3) is 0.118. The number of para-hydroxylation sites is 1. The summed E-state index contributed by atoms with van der Waals surface area (Å²) in [5.74, 6) is 1.38. The van der Waals surface area contributed by atoms with Crippen molar-refractivity contribution in [3.8, 4) is 11.5 Å². The Morgan fingerprint density at radius 1 is 1.00 bits per heavy atom. The Morgan fingerprint density at radius 3 is 2.81 bits per heavy atom. The Labute approximate surface area is 121 Å². The molecule has 0 aliphatic carbocycles. The molecule has 4 heteroatoms. The predicted molar refractivity (Wildman–Crippen MR) is 78.4 cm³/mol. The van der Waals surface area contributed by atoms with Crippen LogP contribution in [0.25, 0.3) is 10.9 Å². The van der Waals surface area contributed by atoms with Crippen molar-refractivity contribution >= 4 is 10.9 Å². The Hall–Kier alpha value is -2.59. The van der Waals surface area contributed by atoms with Crippen molar-refractivity contribution in [1.29, 1.82) is 0 Å². The lowest BCUT2D eigenvalue weighted by molar-refractivity contribution is 0.173. The number of aliphatic hydroxyl groups excluding tert-OH is 1. The molecule has 0 saturated heterocycles. The minimum absolute atomic E-state index is 0.227. The topological polar surface area (TPSA) is 51.6 Å². The highest BCUT2D eigenvalue weighted by molar-refractivity contribution is 5.82. The van der Waals surface area contributed by atoms with E-state index in [9.17, 15) is 5.11 Å². The SMILES string of the molecule is OC(c1ccc2c(c1)OCO2)c1cccc2cccnc12. The summed E-state index contributed by atoms with van der Waals surface area (Å²) in [6.45, 7) is 0.227. The van der Waals surface area contributed by atoms with Crippen LogP contribution in [0.5, 0.6) is 11.5 Å². The minimum Gasteiger partial charge on any atom is -0.454 e. The highest BCUT2D eigenvalue weighted by Crippen LogP contribution is 2.36. The van der Waals surface area contributed by atoms with Crippen LogP contribution in [0, 0.1) is 0 Å². The molecule has 0 spiro atoms. The fourth-order valence-electron chi connectivity index (χ4n) is 2.61. The lowest BCUT2D eigenvalue weighted by Gasteiger charge is -2.14. The molecule has 21 heavy (non-hydrogen) atoms. The van der Waals surface area contributed by atoms with Gasteiger partial charge in [-0.15, -0.1) is 0 Å². The first-order chi connectivity index (χ1) is 10.3. The zero-order chi connectivity index (χ0) is 14.2. The molecular weight excluding hydrogens is 266 g/mol. The summed E-state index contributed by atoms with van der Waals surface area (Å²) >= 11 is 0. The first kappa shape index (κ1) is 12.2. The van der Waals surface area contributed by atoms with E-state index < -0.39 is 6.10 Å². The Balaban J connectivity index is 1.81. The number of aliphatic hydroxyl groups is 1. The minimum atomic E-state index is -0.752. The molecule has 4 rings (SSSR count). The summed E-state index contributed by atoms with van der Waals surface area (Å²) in [6.07, 6.45) is 0.983. The second-order valence-electron chi connectivity index (χ2n) is 4.94. The zero-order valence-corrected chi connectivity index (χ0v) is 11.2. The molecule has 2 heterocycles. The van der Waals surface area contributed by atoms with Gasteiger partial charge in [-0.25, -0.2) is 0 Å². The van der Waals surface area contributed by atoms with Gasteiger partial charge in [0.05, 0.1) is 5.52 Å². The molecular formula is C17H13NO3. The van der Waals surface area contributed by atoms with Gasteiger partial charge in [0.1, 0.15) is 6.10 Å². The second-order valence-corrected chi connectivity index (χ2v) is 4.94. The van der Waals surface area contributed by atoms with E-state index in [-0.39, 0.29) is 6.79 Å². The first-order valence-electron chi connectivity index (χ1n) is 6.74. The van der Waals surface area contributed by atoms with Crippen molar-refractivity contribution in [3.63, 3.8) is 0 Å². The van der Waals surface area contributed by atoms with Crippen molar-refractivity contribution in [2.75, 3.05) is 6.79 Å². The summed E-state index contributed by atoms with van der Waals surface area (Å²) in [7, 11) is 0. The van der Waals surface area contributed by atoms with Gasteiger partial charge in [0.2, 0.25) is 6.79 Å². The van der Waals surface area contributed by atoms with Crippen LogP contribution < -0.4 is 9.47 Å². The van der Waals surface area contributed by atoms with E-state index in [4.69, 9.17) is 9.47 Å². The maximum atomic E-state index is 10.7. The Morgan fingerprint density at radius 2 is 1.86 bits per heavy atom. The van der Waals surface area contributed by atoms with E-state index in [0.29, 0.717) is 11.5 Å². The maximum Gasteiger partial charge on any atom is 0.231 e. The van der Waals surface area contributed by atoms with Gasteiger partial charge in [-0.05, 0) is 23.8 Å². The molecule has 0 radical (unpaired) electrons. The third kappa shape index (κ3) is 2.00. The van der Waals surface area contributed by atoms with Crippen LogP contribution >= 0.6 is 0 Å². The molecule has 3 aromatic rings. The second kappa shape index (κ2) is 4.75. The lowest BCUT2D eigenvalue weighted by Crippen LogP contribution is -2.01. The molecule has 0 fully saturated rings. The molecule has 1 unspecified atom stereocenters. The van der Waals surface area contributed by atoms with E-state index in [0.717, 1.165) is 22.0 Å². The number of hydrogen-bond donors (Lipinski definition) is 1. The van der Waals surface area contributed by atoms with Gasteiger partial charge in [0.25, 0.3) is 0 Å². The molecule has 1 aliphatic heterocycles. The smallest absolute Gasteiger partial charge is 0.231 e. The van der Waals surface area contributed by atoms with Crippen LogP contribution in [0.1, 0.15) is 17.2 Å². The number of rotatable bonds is 2. The first-order valence-corrected chi connectivity index (χ1v) is 6.74. The van der Waals surface area contributed by atoms with Gasteiger partial charge in [-0.2, -0.15) is 0 Å². The van der Waals surface area contributed by atoms with Crippen LogP contribution in [0.4, 0.5) is 0 Å². The molecule has 0 amide bonds. The molecule has 1 atom stereocenters. The van der Waals surface area contributed by atoms with Crippen LogP contribution in [0.2, 0.25) is 0 Å². The predicted octanol–water partition coefficient (Wildman–Crippen LogP) is 3.05. The van der Waals surface area contributed by atoms with E-state index in [1.54, 1.807) is 6.20 Å². The quantitative estimate of drug-likeness (QED) is 0.783. The third-order valence-corrected chi connectivity index (χ3v) is 3.67. The molecule has 1 N–H and O–H groups in total. The van der Waals surface area contributed by atoms with Gasteiger partial charge in [0.15, 0.2) is 11.5 Å². The van der Waals surface area contributed by atoms with Crippen molar-refractivity contribution in [2.24, 2.45) is 0 Å². The summed E-state index contributed by atoms with van der Waals surface area (Å²) < 4.78 is 10.7. The van der Waals surface area contributed by atoms with Crippen molar-refractivity contribution in [3.05, 3.63) is 65.9 Å². The van der Waals surface area contributed by atoms with Crippen molar-refractivity contribution < 1.29 is 14.6 Å². The van der Waals surface area contributed by atoms with Crippen molar-refractivity contribution in [1.82, 2.24) is 4.98 Å². The number of fused-ring (bicyclic) bond motifs is 2. The summed E-state index contributed by atoms with van der Waals surface area (Å²) in [5.41, 5.74) is 2.36. The zero-order valence-electron chi connectivity index (χ0n) is 11.2. The summed E-state index contributed by atoms with van der Waals surface area (Å²) in [5, 5.41) is 11.7. The number of aromatic nitrogens is 1. The molecule has 2 aromatic carbocycles. The standard InChI is InChI=1S/C17H13NO3/c19-17(12-6-7-14-15(9-12)21-10-20-14)13-5-1-3-11-4-2-8-18-16(11)13/h1-9,17,19H,10H2. The molecule has 1 aromatic heterocycles. The van der Waals surface area contributed by atoms with Crippen molar-refractivity contribution in [2.45, 2.75) is 6.10 Å². The van der Waals surface area contributed by atoms with E-state index >= 15 is 0 Å². The Bertz CT molecular complexity index is 811. The molecule has 104 valence electrons. The van der Waals surface area contributed by atoms with E-state index in [2.05, 4.69) is 4.98 Å². The molecule has 0 bridgehead atoms. The van der Waals surface area contributed by atoms with E-state index in [1.165, 1.54) is 0 Å². The number of benzene rings is 2. The average molecular weight is 279 g/mol. The van der Waals surface area contributed by atoms with Crippen LogP contribution in [-0.4, -0.2) is 16.9 Å². The van der Waals surface area contributed by atoms with Gasteiger partial charge >= 0.3 is 0 Å². The van der Waals surface area contributed by atoms with Crippen LogP contribution in [0.3, 0.4) is 0 Å². The summed E-state index contributed by atoms with van der Waals surface area (Å²) in [6, 6.07) is 15.2. The monoisotopic (exact) mass is 279 g/mol. The number of nitrogens with zero attached hydrogens (tertiary/aromatic N) is 1. The van der Waals surface area contributed by atoms with Gasteiger partial charge < -0.3 is 14.6 Å². The third-order valence-electron chi connectivity index (χ3n) is 3.67. The number of ether oxygens (including phenoxy) is 2. The largest absolute Gasteiger partial charge is 0.454 e. The van der Waals surface area contributed by atoms with Gasteiger partial charge in [-0.1, -0.05) is 30.3 Å². The highest BCUT2D eigenvalue weighted by Gasteiger charge is 2.19. The molecule has 4 nitrogen and oxygen atoms in total. The van der Waals surface area contributed by atoms with Crippen LogP contribution in [0.15, 0.2) is 54.7 Å². The molecule has 0 saturated carbocycles. The van der Waals surface area contributed by atoms with E-state index in [1.807, 2.05) is 48.5 Å².